The molecule has 7 heteroatoms. The second-order valence-electron chi connectivity index (χ2n) is 5.65. The minimum absolute atomic E-state index is 0.0566. The first kappa shape index (κ1) is 17.5. The second-order valence-corrected chi connectivity index (χ2v) is 6.88. The normalized spacial score (nSPS) is 22.0. The minimum atomic E-state index is -2.52. The van der Waals surface area contributed by atoms with E-state index in [9.17, 15) is 12.8 Å². The summed E-state index contributed by atoms with van der Waals surface area (Å²) in [5.74, 6) is 0.954. The maximum atomic E-state index is 13.1. The zero-order chi connectivity index (χ0) is 15.9. The molecular formula is C15H21ClFNO3S. The molecule has 2 unspecified atom stereocenters. The van der Waals surface area contributed by atoms with Crippen molar-refractivity contribution >= 4 is 22.5 Å². The van der Waals surface area contributed by atoms with Gasteiger partial charge in [0.1, 0.15) is 11.6 Å². The molecule has 2 rings (SSSR count). The summed E-state index contributed by atoms with van der Waals surface area (Å²) in [6, 6.07) is 4.35. The SMILES string of the molecule is O=[SH](=O)NCCC1CCCCC1COc1ccc(F)c(Cl)c1. The van der Waals surface area contributed by atoms with Crippen LogP contribution in [0.4, 0.5) is 4.39 Å². The molecule has 124 valence electrons. The number of hydrogen-bond donors (Lipinski definition) is 2. The van der Waals surface area contributed by atoms with Gasteiger partial charge in [0.15, 0.2) is 0 Å². The summed E-state index contributed by atoms with van der Waals surface area (Å²) in [5.41, 5.74) is 0. The van der Waals surface area contributed by atoms with E-state index in [4.69, 9.17) is 16.3 Å². The Kier molecular flexibility index (Phi) is 6.92. The highest BCUT2D eigenvalue weighted by molar-refractivity contribution is 7.70. The Bertz CT molecular complexity index is 560. The molecule has 22 heavy (non-hydrogen) atoms. The van der Waals surface area contributed by atoms with Crippen LogP contribution in [0.5, 0.6) is 5.75 Å². The van der Waals surface area contributed by atoms with Crippen LogP contribution >= 0.6 is 11.6 Å². The van der Waals surface area contributed by atoms with Crippen molar-refractivity contribution < 1.29 is 17.5 Å². The molecule has 0 radical (unpaired) electrons. The molecule has 1 aromatic rings. The van der Waals surface area contributed by atoms with Crippen molar-refractivity contribution in [1.29, 1.82) is 0 Å². The van der Waals surface area contributed by atoms with Crippen LogP contribution in [0.3, 0.4) is 0 Å². The monoisotopic (exact) mass is 349 g/mol. The number of halogens is 2. The molecule has 0 aromatic heterocycles. The van der Waals surface area contributed by atoms with Gasteiger partial charge in [-0.3, -0.25) is 0 Å². The van der Waals surface area contributed by atoms with E-state index >= 15 is 0 Å². The molecule has 1 aliphatic carbocycles. The molecule has 1 N–H and O–H groups in total. The Hall–Kier alpha value is -0.850. The Labute approximate surface area is 137 Å². The number of nitrogens with one attached hydrogen (secondary N) is 1. The first-order chi connectivity index (χ1) is 10.6. The van der Waals surface area contributed by atoms with Crippen molar-refractivity contribution in [1.82, 2.24) is 4.72 Å². The molecule has 0 heterocycles. The highest BCUT2D eigenvalue weighted by Gasteiger charge is 2.25. The van der Waals surface area contributed by atoms with Crippen molar-refractivity contribution in [2.75, 3.05) is 13.2 Å². The maximum Gasteiger partial charge on any atom is 0.201 e. The first-order valence-corrected chi connectivity index (χ1v) is 9.07. The van der Waals surface area contributed by atoms with Gasteiger partial charge in [0.05, 0.1) is 11.6 Å². The Morgan fingerprint density at radius 1 is 1.27 bits per heavy atom. The third-order valence-corrected chi connectivity index (χ3v) is 4.95. The van der Waals surface area contributed by atoms with E-state index in [1.54, 1.807) is 6.07 Å². The summed E-state index contributed by atoms with van der Waals surface area (Å²) in [6.45, 7) is 1.03. The predicted molar refractivity (Wildman–Crippen MR) is 85.3 cm³/mol. The van der Waals surface area contributed by atoms with E-state index in [0.717, 1.165) is 25.7 Å². The van der Waals surface area contributed by atoms with Crippen LogP contribution < -0.4 is 9.46 Å². The molecule has 0 saturated heterocycles. The van der Waals surface area contributed by atoms with Gasteiger partial charge in [-0.2, -0.15) is 0 Å². The molecule has 2 atom stereocenters. The number of benzene rings is 1. The maximum absolute atomic E-state index is 13.1. The summed E-state index contributed by atoms with van der Waals surface area (Å²) in [4.78, 5) is 0. The number of thiol groups is 1. The molecule has 0 spiro atoms. The molecule has 1 aliphatic rings. The fourth-order valence-electron chi connectivity index (χ4n) is 3.00. The molecule has 1 fully saturated rings. The lowest BCUT2D eigenvalue weighted by Gasteiger charge is -2.31. The molecular weight excluding hydrogens is 329 g/mol. The highest BCUT2D eigenvalue weighted by atomic mass is 35.5. The van der Waals surface area contributed by atoms with Crippen molar-refractivity contribution in [3.05, 3.63) is 29.0 Å². The van der Waals surface area contributed by atoms with Gasteiger partial charge in [0.2, 0.25) is 10.9 Å². The fraction of sp³-hybridized carbons (Fsp3) is 0.600. The van der Waals surface area contributed by atoms with Crippen LogP contribution in [0.2, 0.25) is 5.02 Å². The number of rotatable bonds is 7. The van der Waals surface area contributed by atoms with Crippen LogP contribution in [0.25, 0.3) is 0 Å². The van der Waals surface area contributed by atoms with Gasteiger partial charge in [-0.05, 0) is 36.8 Å². The van der Waals surface area contributed by atoms with Crippen LogP contribution in [0, 0.1) is 17.7 Å². The van der Waals surface area contributed by atoms with E-state index in [2.05, 4.69) is 4.72 Å². The summed E-state index contributed by atoms with van der Waals surface area (Å²) in [5, 5.41) is 0.0566. The summed E-state index contributed by atoms with van der Waals surface area (Å²) in [7, 11) is -2.52. The summed E-state index contributed by atoms with van der Waals surface area (Å²) in [6.07, 6.45) is 5.32. The first-order valence-electron chi connectivity index (χ1n) is 7.52. The van der Waals surface area contributed by atoms with Gasteiger partial charge in [0, 0.05) is 12.6 Å². The quantitative estimate of drug-likeness (QED) is 0.743. The minimum Gasteiger partial charge on any atom is -0.493 e. The van der Waals surface area contributed by atoms with Crippen molar-refractivity contribution in [3.8, 4) is 5.75 Å². The van der Waals surface area contributed by atoms with Crippen LogP contribution in [0.1, 0.15) is 32.1 Å². The van der Waals surface area contributed by atoms with Gasteiger partial charge in [-0.15, -0.1) is 0 Å². The van der Waals surface area contributed by atoms with E-state index in [-0.39, 0.29) is 5.02 Å². The summed E-state index contributed by atoms with van der Waals surface area (Å²) < 4.78 is 42.4. The van der Waals surface area contributed by atoms with Gasteiger partial charge in [0.25, 0.3) is 0 Å². The topological polar surface area (TPSA) is 55.4 Å². The van der Waals surface area contributed by atoms with E-state index in [0.29, 0.717) is 30.7 Å². The standard InChI is InChI=1S/C15H21ClFNO3S/c16-14-9-13(5-6-15(14)17)21-10-12-4-2-1-3-11(12)7-8-18-22(19)20/h5-6,9,11-12,22H,1-4,7-8,10H2,(H,18,19,20). The van der Waals surface area contributed by atoms with Crippen molar-refractivity contribution in [3.63, 3.8) is 0 Å². The lowest BCUT2D eigenvalue weighted by molar-refractivity contribution is 0.143. The lowest BCUT2D eigenvalue weighted by atomic mass is 9.78. The number of ether oxygens (including phenoxy) is 1. The third kappa shape index (κ3) is 5.41. The van der Waals surface area contributed by atoms with E-state index in [1.165, 1.54) is 18.6 Å². The lowest BCUT2D eigenvalue weighted by Crippen LogP contribution is -2.28. The van der Waals surface area contributed by atoms with Crippen molar-refractivity contribution in [2.24, 2.45) is 11.8 Å². The Morgan fingerprint density at radius 3 is 2.68 bits per heavy atom. The zero-order valence-electron chi connectivity index (χ0n) is 12.3. The van der Waals surface area contributed by atoms with Gasteiger partial charge in [-0.1, -0.05) is 30.9 Å². The third-order valence-electron chi connectivity index (χ3n) is 4.18. The highest BCUT2D eigenvalue weighted by Crippen LogP contribution is 2.33. The van der Waals surface area contributed by atoms with E-state index < -0.39 is 16.7 Å². The van der Waals surface area contributed by atoms with Crippen LogP contribution in [-0.2, 0) is 10.9 Å². The van der Waals surface area contributed by atoms with Gasteiger partial charge < -0.3 is 4.74 Å². The van der Waals surface area contributed by atoms with Crippen LogP contribution in [-0.4, -0.2) is 21.6 Å². The number of hydrogen-bond acceptors (Lipinski definition) is 3. The largest absolute Gasteiger partial charge is 0.493 e. The molecule has 0 aliphatic heterocycles. The molecule has 0 bridgehead atoms. The predicted octanol–water partition coefficient (Wildman–Crippen LogP) is 3.17. The van der Waals surface area contributed by atoms with Crippen molar-refractivity contribution in [2.45, 2.75) is 32.1 Å². The average molecular weight is 350 g/mol. The fourth-order valence-corrected chi connectivity index (χ4v) is 3.48. The Balaban J connectivity index is 1.86. The average Bonchev–Trinajstić information content (AvgIpc) is 2.49. The van der Waals surface area contributed by atoms with E-state index in [1.807, 2.05) is 0 Å². The second kappa shape index (κ2) is 8.70. The molecule has 1 aromatic carbocycles. The zero-order valence-corrected chi connectivity index (χ0v) is 13.9. The van der Waals surface area contributed by atoms with Gasteiger partial charge in [-0.25, -0.2) is 17.5 Å². The molecule has 0 amide bonds. The van der Waals surface area contributed by atoms with Crippen LogP contribution in [0.15, 0.2) is 18.2 Å². The molecule has 4 nitrogen and oxygen atoms in total. The summed E-state index contributed by atoms with van der Waals surface area (Å²) >= 11 is 5.74. The smallest absolute Gasteiger partial charge is 0.201 e. The molecule has 1 saturated carbocycles. The van der Waals surface area contributed by atoms with Gasteiger partial charge >= 0.3 is 0 Å². The Morgan fingerprint density at radius 2 is 2.00 bits per heavy atom.